The Bertz CT molecular complexity index is 102. The van der Waals surface area contributed by atoms with E-state index in [1.807, 2.05) is 0 Å². The molecule has 1 unspecified atom stereocenters. The Hall–Kier alpha value is -0.0800. The third kappa shape index (κ3) is 4.38. The lowest BCUT2D eigenvalue weighted by molar-refractivity contribution is 0.186. The molecular formula is C9H19NO. The standard InChI is InChI=1S/C9H19NO/c1-11-7-6-9(10)5-4-8-2-3-8/h8-9H,2-7,10H2,1H3. The highest BCUT2D eigenvalue weighted by Gasteiger charge is 2.21. The van der Waals surface area contributed by atoms with Crippen LogP contribution in [0.25, 0.3) is 0 Å². The first-order valence-electron chi connectivity index (χ1n) is 4.57. The van der Waals surface area contributed by atoms with Gasteiger partial charge in [-0.3, -0.25) is 0 Å². The van der Waals surface area contributed by atoms with E-state index in [1.54, 1.807) is 7.11 Å². The topological polar surface area (TPSA) is 35.2 Å². The molecule has 0 aliphatic heterocycles. The van der Waals surface area contributed by atoms with E-state index in [0.717, 1.165) is 18.9 Å². The van der Waals surface area contributed by atoms with Crippen LogP contribution in [0.5, 0.6) is 0 Å². The van der Waals surface area contributed by atoms with Gasteiger partial charge in [0.15, 0.2) is 0 Å². The average Bonchev–Trinajstić information content (AvgIpc) is 2.80. The first-order chi connectivity index (χ1) is 5.33. The zero-order chi connectivity index (χ0) is 8.10. The molecule has 11 heavy (non-hydrogen) atoms. The van der Waals surface area contributed by atoms with Crippen LogP contribution in [0.4, 0.5) is 0 Å². The van der Waals surface area contributed by atoms with Gasteiger partial charge >= 0.3 is 0 Å². The Kier molecular flexibility index (Phi) is 3.87. The van der Waals surface area contributed by atoms with E-state index < -0.39 is 0 Å². The number of methoxy groups -OCH3 is 1. The molecule has 0 radical (unpaired) electrons. The Balaban J connectivity index is 1.87. The normalized spacial score (nSPS) is 20.2. The summed E-state index contributed by atoms with van der Waals surface area (Å²) in [5.74, 6) is 1.02. The van der Waals surface area contributed by atoms with Crippen molar-refractivity contribution in [2.24, 2.45) is 11.7 Å². The van der Waals surface area contributed by atoms with Crippen molar-refractivity contribution in [3.05, 3.63) is 0 Å². The van der Waals surface area contributed by atoms with Crippen molar-refractivity contribution in [2.45, 2.75) is 38.1 Å². The third-order valence-corrected chi connectivity index (χ3v) is 2.34. The zero-order valence-corrected chi connectivity index (χ0v) is 7.38. The number of hydrogen-bond donors (Lipinski definition) is 1. The highest BCUT2D eigenvalue weighted by Crippen LogP contribution is 2.33. The van der Waals surface area contributed by atoms with Crippen LogP contribution in [0.3, 0.4) is 0 Å². The smallest absolute Gasteiger partial charge is 0.0477 e. The molecule has 0 aromatic carbocycles. The summed E-state index contributed by atoms with van der Waals surface area (Å²) in [6.45, 7) is 0.811. The molecule has 2 heteroatoms. The second-order valence-corrected chi connectivity index (χ2v) is 3.56. The van der Waals surface area contributed by atoms with Gasteiger partial charge in [0.2, 0.25) is 0 Å². The molecule has 2 N–H and O–H groups in total. The summed E-state index contributed by atoms with van der Waals surface area (Å²) in [7, 11) is 1.73. The molecule has 1 rings (SSSR count). The van der Waals surface area contributed by atoms with E-state index in [0.29, 0.717) is 6.04 Å². The van der Waals surface area contributed by atoms with Crippen LogP contribution in [0.1, 0.15) is 32.1 Å². The highest BCUT2D eigenvalue weighted by molar-refractivity contribution is 4.75. The summed E-state index contributed by atoms with van der Waals surface area (Å²) < 4.78 is 4.95. The van der Waals surface area contributed by atoms with E-state index in [-0.39, 0.29) is 0 Å². The predicted molar refractivity (Wildman–Crippen MR) is 46.4 cm³/mol. The molecule has 1 aliphatic carbocycles. The van der Waals surface area contributed by atoms with Gasteiger partial charge in [-0.1, -0.05) is 12.8 Å². The molecule has 1 fully saturated rings. The minimum atomic E-state index is 0.371. The first kappa shape index (κ1) is 9.01. The van der Waals surface area contributed by atoms with Gasteiger partial charge in [-0.05, 0) is 25.2 Å². The lowest BCUT2D eigenvalue weighted by Gasteiger charge is -2.09. The number of rotatable bonds is 6. The second-order valence-electron chi connectivity index (χ2n) is 3.56. The van der Waals surface area contributed by atoms with E-state index in [4.69, 9.17) is 10.5 Å². The summed E-state index contributed by atoms with van der Waals surface area (Å²) in [4.78, 5) is 0. The molecule has 1 saturated carbocycles. The van der Waals surface area contributed by atoms with Gasteiger partial charge in [-0.2, -0.15) is 0 Å². The fourth-order valence-electron chi connectivity index (χ4n) is 1.27. The Morgan fingerprint density at radius 3 is 2.73 bits per heavy atom. The monoisotopic (exact) mass is 157 g/mol. The maximum Gasteiger partial charge on any atom is 0.0477 e. The fourth-order valence-corrected chi connectivity index (χ4v) is 1.27. The van der Waals surface area contributed by atoms with E-state index >= 15 is 0 Å². The van der Waals surface area contributed by atoms with Gasteiger partial charge in [-0.15, -0.1) is 0 Å². The Morgan fingerprint density at radius 1 is 1.45 bits per heavy atom. The minimum absolute atomic E-state index is 0.371. The molecule has 0 amide bonds. The summed E-state index contributed by atoms with van der Waals surface area (Å²) in [6, 6.07) is 0.371. The van der Waals surface area contributed by atoms with Gasteiger partial charge in [0, 0.05) is 19.8 Å². The van der Waals surface area contributed by atoms with Gasteiger partial charge in [0.05, 0.1) is 0 Å². The minimum Gasteiger partial charge on any atom is -0.385 e. The van der Waals surface area contributed by atoms with Crippen LogP contribution in [-0.4, -0.2) is 19.8 Å². The SMILES string of the molecule is COCCC(N)CCC1CC1. The lowest BCUT2D eigenvalue weighted by Crippen LogP contribution is -2.21. The van der Waals surface area contributed by atoms with Gasteiger partial charge < -0.3 is 10.5 Å². The van der Waals surface area contributed by atoms with Crippen LogP contribution in [0, 0.1) is 5.92 Å². The van der Waals surface area contributed by atoms with Crippen molar-refractivity contribution in [3.63, 3.8) is 0 Å². The van der Waals surface area contributed by atoms with Crippen LogP contribution in [0.2, 0.25) is 0 Å². The number of nitrogens with two attached hydrogens (primary N) is 1. The van der Waals surface area contributed by atoms with Crippen molar-refractivity contribution in [1.82, 2.24) is 0 Å². The van der Waals surface area contributed by atoms with Crippen molar-refractivity contribution in [1.29, 1.82) is 0 Å². The van der Waals surface area contributed by atoms with Crippen molar-refractivity contribution >= 4 is 0 Å². The number of ether oxygens (including phenoxy) is 1. The molecule has 0 aromatic rings. The largest absolute Gasteiger partial charge is 0.385 e. The summed E-state index contributed by atoms with van der Waals surface area (Å²) >= 11 is 0. The quantitative estimate of drug-likeness (QED) is 0.634. The van der Waals surface area contributed by atoms with Gasteiger partial charge in [-0.25, -0.2) is 0 Å². The molecule has 66 valence electrons. The molecule has 0 heterocycles. The van der Waals surface area contributed by atoms with Crippen molar-refractivity contribution in [2.75, 3.05) is 13.7 Å². The van der Waals surface area contributed by atoms with E-state index in [1.165, 1.54) is 25.7 Å². The highest BCUT2D eigenvalue weighted by atomic mass is 16.5. The second kappa shape index (κ2) is 4.73. The van der Waals surface area contributed by atoms with Gasteiger partial charge in [0.1, 0.15) is 0 Å². The molecule has 0 aromatic heterocycles. The molecular weight excluding hydrogens is 138 g/mol. The first-order valence-corrected chi connectivity index (χ1v) is 4.57. The predicted octanol–water partition coefficient (Wildman–Crippen LogP) is 1.54. The summed E-state index contributed by atoms with van der Waals surface area (Å²) in [5, 5.41) is 0. The summed E-state index contributed by atoms with van der Waals surface area (Å²) in [6.07, 6.45) is 6.43. The van der Waals surface area contributed by atoms with E-state index in [2.05, 4.69) is 0 Å². The van der Waals surface area contributed by atoms with Crippen LogP contribution >= 0.6 is 0 Å². The molecule has 1 atom stereocenters. The van der Waals surface area contributed by atoms with Crippen molar-refractivity contribution in [3.8, 4) is 0 Å². The molecule has 1 aliphatic rings. The maximum atomic E-state index is 5.86. The Labute approximate surface area is 69.1 Å². The van der Waals surface area contributed by atoms with Crippen LogP contribution in [-0.2, 0) is 4.74 Å². The Morgan fingerprint density at radius 2 is 2.18 bits per heavy atom. The number of hydrogen-bond acceptors (Lipinski definition) is 2. The lowest BCUT2D eigenvalue weighted by atomic mass is 10.1. The molecule has 0 spiro atoms. The molecule has 0 saturated heterocycles. The van der Waals surface area contributed by atoms with E-state index in [9.17, 15) is 0 Å². The third-order valence-electron chi connectivity index (χ3n) is 2.34. The summed E-state index contributed by atoms with van der Waals surface area (Å²) in [5.41, 5.74) is 5.86. The molecule has 2 nitrogen and oxygen atoms in total. The van der Waals surface area contributed by atoms with Crippen LogP contribution in [0.15, 0.2) is 0 Å². The fraction of sp³-hybridized carbons (Fsp3) is 1.00. The van der Waals surface area contributed by atoms with Crippen LogP contribution < -0.4 is 5.73 Å². The van der Waals surface area contributed by atoms with Gasteiger partial charge in [0.25, 0.3) is 0 Å². The van der Waals surface area contributed by atoms with Crippen molar-refractivity contribution < 1.29 is 4.74 Å². The average molecular weight is 157 g/mol. The molecule has 0 bridgehead atoms. The maximum absolute atomic E-state index is 5.86. The zero-order valence-electron chi connectivity index (χ0n) is 7.38.